The Kier molecular flexibility index (Phi) is 5.33. The molecule has 0 radical (unpaired) electrons. The van der Waals surface area contributed by atoms with Crippen LogP contribution >= 0.6 is 0 Å². The summed E-state index contributed by atoms with van der Waals surface area (Å²) in [5.41, 5.74) is 2.92. The lowest BCUT2D eigenvalue weighted by atomic mass is 10.1. The van der Waals surface area contributed by atoms with Crippen molar-refractivity contribution in [1.82, 2.24) is 14.8 Å². The highest BCUT2D eigenvalue weighted by atomic mass is 16.3. The van der Waals surface area contributed by atoms with E-state index in [0.717, 1.165) is 35.8 Å². The second kappa shape index (κ2) is 7.48. The van der Waals surface area contributed by atoms with Gasteiger partial charge in [0.15, 0.2) is 0 Å². The number of nitrogens with zero attached hydrogens (tertiary/aromatic N) is 2. The molecule has 0 aromatic carbocycles. The van der Waals surface area contributed by atoms with E-state index in [1.165, 1.54) is 12.8 Å². The molecule has 2 aromatic heterocycles. The summed E-state index contributed by atoms with van der Waals surface area (Å²) in [6, 6.07) is 6.36. The molecule has 2 aromatic rings. The minimum atomic E-state index is -0.00393. The number of carbonyl (C=O) groups excluding carboxylic acids is 1. The number of rotatable bonds is 6. The predicted octanol–water partition coefficient (Wildman–Crippen LogP) is 3.85. The van der Waals surface area contributed by atoms with Crippen molar-refractivity contribution in [2.24, 2.45) is 0 Å². The highest BCUT2D eigenvalue weighted by molar-refractivity contribution is 5.95. The van der Waals surface area contributed by atoms with Crippen LogP contribution in [0.5, 0.6) is 0 Å². The molecule has 1 fully saturated rings. The van der Waals surface area contributed by atoms with Gasteiger partial charge >= 0.3 is 0 Å². The van der Waals surface area contributed by atoms with Gasteiger partial charge in [-0.05, 0) is 71.8 Å². The summed E-state index contributed by atoms with van der Waals surface area (Å²) in [5.74, 6) is 0.922. The molecule has 3 rings (SSSR count). The highest BCUT2D eigenvalue weighted by Crippen LogP contribution is 2.25. The summed E-state index contributed by atoms with van der Waals surface area (Å²) in [6.45, 7) is 11.0. The molecule has 1 saturated heterocycles. The van der Waals surface area contributed by atoms with Crippen molar-refractivity contribution in [3.63, 3.8) is 0 Å². The molecule has 0 bridgehead atoms. The van der Waals surface area contributed by atoms with E-state index in [1.54, 1.807) is 6.26 Å². The summed E-state index contributed by atoms with van der Waals surface area (Å²) >= 11 is 0. The summed E-state index contributed by atoms with van der Waals surface area (Å²) < 4.78 is 7.84. The largest absolute Gasteiger partial charge is 0.468 e. The Hall–Kier alpha value is -2.01. The first-order valence-corrected chi connectivity index (χ1v) is 9.23. The van der Waals surface area contributed by atoms with Crippen LogP contribution in [0.4, 0.5) is 0 Å². The van der Waals surface area contributed by atoms with Crippen molar-refractivity contribution in [2.75, 3.05) is 19.6 Å². The number of aromatic nitrogens is 1. The Morgan fingerprint density at radius 1 is 1.28 bits per heavy atom. The van der Waals surface area contributed by atoms with Crippen LogP contribution < -0.4 is 5.32 Å². The minimum absolute atomic E-state index is 0.00393. The zero-order valence-electron chi connectivity index (χ0n) is 15.7. The minimum Gasteiger partial charge on any atom is -0.468 e. The fraction of sp³-hybridized carbons (Fsp3) is 0.550. The van der Waals surface area contributed by atoms with Crippen LogP contribution in [0.2, 0.25) is 0 Å². The molecule has 1 N–H and O–H groups in total. The normalized spacial score (nSPS) is 16.5. The Morgan fingerprint density at radius 3 is 2.56 bits per heavy atom. The van der Waals surface area contributed by atoms with Crippen LogP contribution in [-0.2, 0) is 0 Å². The summed E-state index contributed by atoms with van der Waals surface area (Å²) in [7, 11) is 0. The third-order valence-electron chi connectivity index (χ3n) is 5.15. The Balaban J connectivity index is 1.73. The second-order valence-electron chi connectivity index (χ2n) is 7.23. The van der Waals surface area contributed by atoms with Crippen LogP contribution in [0.25, 0.3) is 0 Å². The zero-order valence-corrected chi connectivity index (χ0v) is 15.7. The first kappa shape index (κ1) is 17.8. The van der Waals surface area contributed by atoms with Crippen LogP contribution in [0.1, 0.15) is 66.3 Å². The number of nitrogens with one attached hydrogen (secondary N) is 1. The zero-order chi connectivity index (χ0) is 18.0. The smallest absolute Gasteiger partial charge is 0.253 e. The van der Waals surface area contributed by atoms with Gasteiger partial charge in [0, 0.05) is 24.0 Å². The lowest BCUT2D eigenvalue weighted by Crippen LogP contribution is -2.36. The lowest BCUT2D eigenvalue weighted by molar-refractivity contribution is 0.0933. The van der Waals surface area contributed by atoms with Crippen LogP contribution in [-0.4, -0.2) is 35.0 Å². The third kappa shape index (κ3) is 3.66. The van der Waals surface area contributed by atoms with E-state index in [2.05, 4.69) is 35.6 Å². The van der Waals surface area contributed by atoms with E-state index in [0.29, 0.717) is 12.6 Å². The van der Waals surface area contributed by atoms with Gasteiger partial charge < -0.3 is 14.3 Å². The fourth-order valence-corrected chi connectivity index (χ4v) is 4.03. The number of hydrogen-bond acceptors (Lipinski definition) is 3. The predicted molar refractivity (Wildman–Crippen MR) is 98.9 cm³/mol. The molecule has 3 heterocycles. The molecule has 1 amide bonds. The molecule has 5 nitrogen and oxygen atoms in total. The number of hydrogen-bond donors (Lipinski definition) is 1. The van der Waals surface area contributed by atoms with Gasteiger partial charge in [0.05, 0.1) is 17.9 Å². The standard InChI is InChI=1S/C20H29N3O2/c1-14(2)23-15(3)12-17(16(23)4)20(24)21-13-18(19-8-7-11-25-19)22-9-5-6-10-22/h7-8,11-12,14,18H,5-6,9-10,13H2,1-4H3,(H,21,24)/t18-/m0/s1. The molecule has 5 heteroatoms. The SMILES string of the molecule is Cc1cc(C(=O)NC[C@@H](c2ccco2)N2CCCC2)c(C)n1C(C)C. The van der Waals surface area contributed by atoms with Crippen LogP contribution in [0.15, 0.2) is 28.9 Å². The average Bonchev–Trinajstić information content (AvgIpc) is 3.29. The van der Waals surface area contributed by atoms with Gasteiger partial charge in [-0.2, -0.15) is 0 Å². The van der Waals surface area contributed by atoms with Crippen molar-refractivity contribution >= 4 is 5.91 Å². The van der Waals surface area contributed by atoms with Crippen LogP contribution in [0, 0.1) is 13.8 Å². The van der Waals surface area contributed by atoms with Crippen molar-refractivity contribution < 1.29 is 9.21 Å². The molecular weight excluding hydrogens is 314 g/mol. The Labute approximate surface area is 150 Å². The second-order valence-corrected chi connectivity index (χ2v) is 7.23. The molecular formula is C20H29N3O2. The van der Waals surface area contributed by atoms with Crippen molar-refractivity contribution in [3.8, 4) is 0 Å². The van der Waals surface area contributed by atoms with Gasteiger partial charge in [-0.3, -0.25) is 9.69 Å². The maximum atomic E-state index is 12.8. The molecule has 0 saturated carbocycles. The molecule has 1 aliphatic rings. The number of likely N-dealkylation sites (tertiary alicyclic amines) is 1. The number of amides is 1. The molecule has 136 valence electrons. The lowest BCUT2D eigenvalue weighted by Gasteiger charge is -2.26. The summed E-state index contributed by atoms with van der Waals surface area (Å²) in [5, 5.41) is 3.13. The van der Waals surface area contributed by atoms with Crippen molar-refractivity contribution in [1.29, 1.82) is 0 Å². The van der Waals surface area contributed by atoms with Gasteiger partial charge in [-0.1, -0.05) is 0 Å². The van der Waals surface area contributed by atoms with Gasteiger partial charge in [-0.25, -0.2) is 0 Å². The maximum absolute atomic E-state index is 12.8. The van der Waals surface area contributed by atoms with E-state index >= 15 is 0 Å². The van der Waals surface area contributed by atoms with Crippen LogP contribution in [0.3, 0.4) is 0 Å². The highest BCUT2D eigenvalue weighted by Gasteiger charge is 2.26. The first-order valence-electron chi connectivity index (χ1n) is 9.23. The van der Waals surface area contributed by atoms with E-state index in [-0.39, 0.29) is 11.9 Å². The molecule has 0 spiro atoms. The topological polar surface area (TPSA) is 50.4 Å². The monoisotopic (exact) mass is 343 g/mol. The molecule has 1 atom stereocenters. The Morgan fingerprint density at radius 2 is 2.00 bits per heavy atom. The fourth-order valence-electron chi connectivity index (χ4n) is 4.03. The van der Waals surface area contributed by atoms with E-state index < -0.39 is 0 Å². The van der Waals surface area contributed by atoms with E-state index in [1.807, 2.05) is 25.1 Å². The van der Waals surface area contributed by atoms with Gasteiger partial charge in [0.1, 0.15) is 5.76 Å². The molecule has 1 aliphatic heterocycles. The van der Waals surface area contributed by atoms with Gasteiger partial charge in [0.2, 0.25) is 0 Å². The summed E-state index contributed by atoms with van der Waals surface area (Å²) in [6.07, 6.45) is 4.12. The number of carbonyl (C=O) groups is 1. The quantitative estimate of drug-likeness (QED) is 0.867. The average molecular weight is 343 g/mol. The molecule has 0 unspecified atom stereocenters. The Bertz CT molecular complexity index is 710. The molecule has 25 heavy (non-hydrogen) atoms. The van der Waals surface area contributed by atoms with E-state index in [9.17, 15) is 4.79 Å². The first-order chi connectivity index (χ1) is 12.0. The van der Waals surface area contributed by atoms with Crippen molar-refractivity contribution in [3.05, 3.63) is 47.2 Å². The summed E-state index contributed by atoms with van der Waals surface area (Å²) in [4.78, 5) is 15.2. The number of aryl methyl sites for hydroxylation is 1. The maximum Gasteiger partial charge on any atom is 0.253 e. The van der Waals surface area contributed by atoms with Gasteiger partial charge in [-0.15, -0.1) is 0 Å². The molecule has 0 aliphatic carbocycles. The van der Waals surface area contributed by atoms with Gasteiger partial charge in [0.25, 0.3) is 5.91 Å². The number of furan rings is 1. The van der Waals surface area contributed by atoms with E-state index in [4.69, 9.17) is 4.42 Å². The third-order valence-corrected chi connectivity index (χ3v) is 5.15. The van der Waals surface area contributed by atoms with Crippen molar-refractivity contribution in [2.45, 2.75) is 52.6 Å².